The Morgan fingerprint density at radius 2 is 2.38 bits per heavy atom. The van der Waals surface area contributed by atoms with E-state index < -0.39 is 0 Å². The molecule has 1 N–H and O–H groups in total. The Balaban J connectivity index is 2.53. The Hall–Kier alpha value is -0.730. The molecule has 0 aliphatic carbocycles. The lowest BCUT2D eigenvalue weighted by Crippen LogP contribution is -2.30. The Labute approximate surface area is 78.6 Å². The highest BCUT2D eigenvalue weighted by Crippen LogP contribution is 2.15. The summed E-state index contributed by atoms with van der Waals surface area (Å²) in [6.07, 6.45) is 0.793. The molecule has 0 radical (unpaired) electrons. The van der Waals surface area contributed by atoms with Crippen LogP contribution in [0.2, 0.25) is 0 Å². The Morgan fingerprint density at radius 3 is 3.15 bits per heavy atom. The molecule has 1 aliphatic rings. The number of rotatable bonds is 0. The van der Waals surface area contributed by atoms with Gasteiger partial charge >= 0.3 is 0 Å². The largest absolute Gasteiger partial charge is 0.311 e. The minimum absolute atomic E-state index is 0.0283. The van der Waals surface area contributed by atoms with Gasteiger partial charge in [0.15, 0.2) is 0 Å². The van der Waals surface area contributed by atoms with E-state index in [0.29, 0.717) is 5.82 Å². The van der Waals surface area contributed by atoms with Crippen molar-refractivity contribution in [2.75, 3.05) is 6.54 Å². The summed E-state index contributed by atoms with van der Waals surface area (Å²) in [6.45, 7) is 3.47. The van der Waals surface area contributed by atoms with Crippen molar-refractivity contribution < 1.29 is 0 Å². The molecule has 13 heavy (non-hydrogen) atoms. The molecule has 0 aromatic carbocycles. The third-order valence-electron chi connectivity index (χ3n) is 2.22. The molecular formula is C8H12N3OP. The number of nitrogens with one attached hydrogen (secondary N) is 1. The first-order valence-corrected chi connectivity index (χ1v) is 4.77. The molecule has 1 aromatic rings. The zero-order valence-electron chi connectivity index (χ0n) is 7.50. The van der Waals surface area contributed by atoms with E-state index in [1.54, 1.807) is 0 Å². The number of aromatic nitrogens is 2. The van der Waals surface area contributed by atoms with E-state index in [2.05, 4.69) is 24.0 Å². The van der Waals surface area contributed by atoms with Gasteiger partial charge < -0.3 is 4.98 Å². The highest BCUT2D eigenvalue weighted by Gasteiger charge is 2.17. The SMILES string of the molecule is Cc1nc2c(c(=O)[nH]1)CCN(P)C2. The molecule has 70 valence electrons. The first-order chi connectivity index (χ1) is 6.16. The fourth-order valence-corrected chi connectivity index (χ4v) is 1.89. The molecule has 0 saturated heterocycles. The first-order valence-electron chi connectivity index (χ1n) is 4.25. The molecule has 0 fully saturated rings. The summed E-state index contributed by atoms with van der Waals surface area (Å²) in [6, 6.07) is 0. The zero-order valence-corrected chi connectivity index (χ0v) is 8.66. The normalized spacial score (nSPS) is 17.1. The van der Waals surface area contributed by atoms with Crippen LogP contribution in [0.5, 0.6) is 0 Å². The molecule has 1 unspecified atom stereocenters. The molecule has 1 aromatic heterocycles. The molecule has 0 spiro atoms. The van der Waals surface area contributed by atoms with Crippen LogP contribution in [-0.4, -0.2) is 21.2 Å². The van der Waals surface area contributed by atoms with Crippen molar-refractivity contribution in [3.05, 3.63) is 27.4 Å². The quantitative estimate of drug-likeness (QED) is 0.605. The van der Waals surface area contributed by atoms with Crippen LogP contribution in [0.4, 0.5) is 0 Å². The summed E-state index contributed by atoms with van der Waals surface area (Å²) in [4.78, 5) is 18.5. The van der Waals surface area contributed by atoms with Crippen LogP contribution in [0.25, 0.3) is 0 Å². The second-order valence-corrected chi connectivity index (χ2v) is 4.03. The molecule has 0 saturated carbocycles. The maximum atomic E-state index is 11.5. The average Bonchev–Trinajstić information content (AvgIpc) is 2.02. The number of aromatic amines is 1. The van der Waals surface area contributed by atoms with Gasteiger partial charge in [-0.2, -0.15) is 0 Å². The minimum Gasteiger partial charge on any atom is -0.311 e. The second-order valence-electron chi connectivity index (χ2n) is 3.30. The fraction of sp³-hybridized carbons (Fsp3) is 0.500. The maximum Gasteiger partial charge on any atom is 0.254 e. The van der Waals surface area contributed by atoms with Gasteiger partial charge in [-0.25, -0.2) is 4.98 Å². The molecule has 0 amide bonds. The molecule has 1 atom stereocenters. The molecule has 2 heterocycles. The Kier molecular flexibility index (Phi) is 2.18. The summed E-state index contributed by atoms with van der Waals surface area (Å²) >= 11 is 0. The molecule has 2 rings (SSSR count). The van der Waals surface area contributed by atoms with E-state index >= 15 is 0 Å². The number of hydrogen-bond donors (Lipinski definition) is 1. The van der Waals surface area contributed by atoms with Gasteiger partial charge in [0.05, 0.1) is 5.69 Å². The summed E-state index contributed by atoms with van der Waals surface area (Å²) < 4.78 is 2.09. The van der Waals surface area contributed by atoms with Gasteiger partial charge in [0, 0.05) is 18.7 Å². The molecule has 1 aliphatic heterocycles. The molecule has 0 bridgehead atoms. The van der Waals surface area contributed by atoms with E-state index in [9.17, 15) is 4.79 Å². The topological polar surface area (TPSA) is 49.0 Å². The zero-order chi connectivity index (χ0) is 9.42. The lowest BCUT2D eigenvalue weighted by atomic mass is 10.1. The number of hydrogen-bond acceptors (Lipinski definition) is 3. The Bertz CT molecular complexity index is 387. The monoisotopic (exact) mass is 197 g/mol. The van der Waals surface area contributed by atoms with Crippen LogP contribution in [0.1, 0.15) is 17.1 Å². The third-order valence-corrected chi connectivity index (χ3v) is 2.66. The van der Waals surface area contributed by atoms with Crippen molar-refractivity contribution >= 4 is 9.39 Å². The first kappa shape index (κ1) is 8.85. The number of fused-ring (bicyclic) bond motifs is 1. The van der Waals surface area contributed by atoms with Gasteiger partial charge in [-0.05, 0) is 13.3 Å². The van der Waals surface area contributed by atoms with Gasteiger partial charge in [0.2, 0.25) is 0 Å². The van der Waals surface area contributed by atoms with Crippen LogP contribution in [0.3, 0.4) is 0 Å². The lowest BCUT2D eigenvalue weighted by molar-refractivity contribution is 0.430. The average molecular weight is 197 g/mol. The summed E-state index contributed by atoms with van der Waals surface area (Å²) in [5, 5.41) is 0. The van der Waals surface area contributed by atoms with Crippen molar-refractivity contribution in [3.8, 4) is 0 Å². The fourth-order valence-electron chi connectivity index (χ4n) is 1.58. The van der Waals surface area contributed by atoms with E-state index in [1.807, 2.05) is 6.92 Å². The number of nitrogens with zero attached hydrogens (tertiary/aromatic N) is 2. The predicted molar refractivity (Wildman–Crippen MR) is 53.4 cm³/mol. The standard InChI is InChI=1S/C8H12N3OP/c1-5-9-7-4-11(13)3-2-6(7)8(12)10-5/h2-4,13H2,1H3,(H,9,10,12). The molecular weight excluding hydrogens is 185 g/mol. The van der Waals surface area contributed by atoms with Gasteiger partial charge in [-0.15, -0.1) is 0 Å². The van der Waals surface area contributed by atoms with Crippen molar-refractivity contribution in [2.24, 2.45) is 0 Å². The van der Waals surface area contributed by atoms with Crippen molar-refractivity contribution in [1.29, 1.82) is 0 Å². The van der Waals surface area contributed by atoms with E-state index in [-0.39, 0.29) is 5.56 Å². The van der Waals surface area contributed by atoms with Crippen LogP contribution in [-0.2, 0) is 13.0 Å². The van der Waals surface area contributed by atoms with Crippen molar-refractivity contribution in [1.82, 2.24) is 14.6 Å². The number of aryl methyl sites for hydroxylation is 1. The summed E-state index contributed by atoms with van der Waals surface area (Å²) in [5.74, 6) is 0.698. The maximum absolute atomic E-state index is 11.5. The highest BCUT2D eigenvalue weighted by atomic mass is 31.0. The second kappa shape index (κ2) is 3.20. The van der Waals surface area contributed by atoms with Crippen molar-refractivity contribution in [2.45, 2.75) is 19.9 Å². The van der Waals surface area contributed by atoms with Gasteiger partial charge in [0.25, 0.3) is 5.56 Å². The van der Waals surface area contributed by atoms with Gasteiger partial charge in [-0.3, -0.25) is 9.46 Å². The Morgan fingerprint density at radius 1 is 1.62 bits per heavy atom. The van der Waals surface area contributed by atoms with E-state index in [0.717, 1.165) is 30.8 Å². The summed E-state index contributed by atoms with van der Waals surface area (Å²) in [7, 11) is 2.64. The molecule has 5 heteroatoms. The highest BCUT2D eigenvalue weighted by molar-refractivity contribution is 7.13. The predicted octanol–water partition coefficient (Wildman–Crippen LogP) is 0.227. The van der Waals surface area contributed by atoms with Crippen molar-refractivity contribution in [3.63, 3.8) is 0 Å². The van der Waals surface area contributed by atoms with E-state index in [1.165, 1.54) is 0 Å². The van der Waals surface area contributed by atoms with Gasteiger partial charge in [-0.1, -0.05) is 9.39 Å². The number of H-pyrrole nitrogens is 1. The smallest absolute Gasteiger partial charge is 0.254 e. The minimum atomic E-state index is 0.0283. The van der Waals surface area contributed by atoms with Crippen LogP contribution >= 0.6 is 9.39 Å². The lowest BCUT2D eigenvalue weighted by Gasteiger charge is -2.22. The van der Waals surface area contributed by atoms with Crippen LogP contribution < -0.4 is 5.56 Å². The van der Waals surface area contributed by atoms with E-state index in [4.69, 9.17) is 0 Å². The van der Waals surface area contributed by atoms with Crippen LogP contribution in [0.15, 0.2) is 4.79 Å². The van der Waals surface area contributed by atoms with Crippen LogP contribution in [0, 0.1) is 6.92 Å². The third kappa shape index (κ3) is 1.64. The van der Waals surface area contributed by atoms with Gasteiger partial charge in [0.1, 0.15) is 5.82 Å². The summed E-state index contributed by atoms with van der Waals surface area (Å²) in [5.41, 5.74) is 1.80. The molecule has 4 nitrogen and oxygen atoms in total.